The van der Waals surface area contributed by atoms with Gasteiger partial charge in [-0.25, -0.2) is 0 Å². The van der Waals surface area contributed by atoms with E-state index in [9.17, 15) is 4.79 Å². The first-order valence-electron chi connectivity index (χ1n) is 7.81. The molecule has 0 aromatic heterocycles. The van der Waals surface area contributed by atoms with Crippen molar-refractivity contribution in [3.05, 3.63) is 29.8 Å². The quantitative estimate of drug-likeness (QED) is 0.930. The van der Waals surface area contributed by atoms with E-state index in [2.05, 4.69) is 10.5 Å². The molecular formula is C17H22N2O3. The second kappa shape index (κ2) is 5.99. The van der Waals surface area contributed by atoms with Gasteiger partial charge in [-0.15, -0.1) is 0 Å². The molecule has 0 bridgehead atoms. The van der Waals surface area contributed by atoms with Crippen LogP contribution < -0.4 is 10.1 Å². The Hall–Kier alpha value is -2.04. The fraction of sp³-hybridized carbons (Fsp3) is 0.529. The number of amides is 1. The van der Waals surface area contributed by atoms with Gasteiger partial charge in [-0.1, -0.05) is 18.0 Å². The minimum Gasteiger partial charge on any atom is -0.497 e. The molecule has 1 amide bonds. The van der Waals surface area contributed by atoms with Gasteiger partial charge in [0.25, 0.3) is 5.91 Å². The van der Waals surface area contributed by atoms with Gasteiger partial charge in [0, 0.05) is 12.5 Å². The zero-order valence-electron chi connectivity index (χ0n) is 13.1. The Labute approximate surface area is 130 Å². The van der Waals surface area contributed by atoms with Crippen LogP contribution in [0.5, 0.6) is 5.75 Å². The molecule has 1 fully saturated rings. The molecule has 1 aliphatic carbocycles. The number of nitrogens with one attached hydrogen (secondary N) is 1. The fourth-order valence-corrected chi connectivity index (χ4v) is 3.01. The maximum Gasteiger partial charge on any atom is 0.267 e. The molecular weight excluding hydrogens is 280 g/mol. The Morgan fingerprint density at radius 2 is 2.00 bits per heavy atom. The van der Waals surface area contributed by atoms with Crippen LogP contribution in [-0.2, 0) is 9.63 Å². The minimum atomic E-state index is -0.905. The molecule has 3 rings (SSSR count). The van der Waals surface area contributed by atoms with Crippen LogP contribution in [-0.4, -0.2) is 30.4 Å². The summed E-state index contributed by atoms with van der Waals surface area (Å²) < 4.78 is 5.15. The number of oxime groups is 1. The summed E-state index contributed by atoms with van der Waals surface area (Å²) in [6.07, 6.45) is 4.99. The van der Waals surface area contributed by atoms with Gasteiger partial charge in [0.15, 0.2) is 0 Å². The Balaban J connectivity index is 1.64. The highest BCUT2D eigenvalue weighted by Gasteiger charge is 2.43. The Morgan fingerprint density at radius 1 is 1.32 bits per heavy atom. The highest BCUT2D eigenvalue weighted by molar-refractivity contribution is 6.05. The van der Waals surface area contributed by atoms with E-state index in [1.54, 1.807) is 14.0 Å². The van der Waals surface area contributed by atoms with Gasteiger partial charge in [0.05, 0.1) is 12.8 Å². The summed E-state index contributed by atoms with van der Waals surface area (Å²) >= 11 is 0. The molecule has 2 aliphatic rings. The molecule has 22 heavy (non-hydrogen) atoms. The molecule has 1 aromatic rings. The standard InChI is InChI=1S/C17H22N2O3/c1-17(16(20)18-13-5-3-4-6-13)11-15(19-22-17)12-7-9-14(21-2)10-8-12/h7-10,13H,3-6,11H2,1-2H3,(H,18,20)/t17-/m1/s1. The molecule has 5 heteroatoms. The number of carbonyl (C=O) groups is 1. The lowest BCUT2D eigenvalue weighted by molar-refractivity contribution is -0.142. The number of ether oxygens (including phenoxy) is 1. The molecule has 0 saturated heterocycles. The Bertz CT molecular complexity index is 576. The summed E-state index contributed by atoms with van der Waals surface area (Å²) in [4.78, 5) is 18.0. The van der Waals surface area contributed by atoms with Crippen molar-refractivity contribution in [3.8, 4) is 5.75 Å². The first-order chi connectivity index (χ1) is 10.6. The summed E-state index contributed by atoms with van der Waals surface area (Å²) in [5, 5.41) is 7.22. The van der Waals surface area contributed by atoms with E-state index >= 15 is 0 Å². The third-order valence-corrected chi connectivity index (χ3v) is 4.46. The van der Waals surface area contributed by atoms with Crippen LogP contribution in [0.3, 0.4) is 0 Å². The van der Waals surface area contributed by atoms with E-state index in [4.69, 9.17) is 9.57 Å². The molecule has 5 nitrogen and oxygen atoms in total. The largest absolute Gasteiger partial charge is 0.497 e. The van der Waals surface area contributed by atoms with Crippen LogP contribution >= 0.6 is 0 Å². The summed E-state index contributed by atoms with van der Waals surface area (Å²) in [6.45, 7) is 1.80. The van der Waals surface area contributed by atoms with Crippen LogP contribution in [0.1, 0.15) is 44.6 Å². The molecule has 0 unspecified atom stereocenters. The van der Waals surface area contributed by atoms with Crippen molar-refractivity contribution in [1.82, 2.24) is 5.32 Å². The zero-order valence-corrected chi connectivity index (χ0v) is 13.1. The summed E-state index contributed by atoms with van der Waals surface area (Å²) in [7, 11) is 1.63. The average molecular weight is 302 g/mol. The lowest BCUT2D eigenvalue weighted by Crippen LogP contribution is -2.48. The lowest BCUT2D eigenvalue weighted by atomic mass is 9.94. The third kappa shape index (κ3) is 2.93. The first kappa shape index (κ1) is 14.9. The fourth-order valence-electron chi connectivity index (χ4n) is 3.01. The lowest BCUT2D eigenvalue weighted by Gasteiger charge is -2.23. The number of carbonyl (C=O) groups excluding carboxylic acids is 1. The molecule has 1 aromatic carbocycles. The van der Waals surface area contributed by atoms with Gasteiger partial charge in [-0.05, 0) is 49.6 Å². The summed E-state index contributed by atoms with van der Waals surface area (Å²) in [5.41, 5.74) is 0.850. The molecule has 1 heterocycles. The van der Waals surface area contributed by atoms with Gasteiger partial charge >= 0.3 is 0 Å². The highest BCUT2D eigenvalue weighted by atomic mass is 16.7. The summed E-state index contributed by atoms with van der Waals surface area (Å²) in [6, 6.07) is 7.92. The van der Waals surface area contributed by atoms with Crippen molar-refractivity contribution in [2.45, 2.75) is 50.7 Å². The average Bonchev–Trinajstić information content (AvgIpc) is 3.18. The van der Waals surface area contributed by atoms with Crippen LogP contribution in [0.15, 0.2) is 29.4 Å². The normalized spacial score (nSPS) is 24.7. The number of methoxy groups -OCH3 is 1. The first-order valence-corrected chi connectivity index (χ1v) is 7.81. The van der Waals surface area contributed by atoms with E-state index in [1.807, 2.05) is 24.3 Å². The maximum absolute atomic E-state index is 12.5. The monoisotopic (exact) mass is 302 g/mol. The number of hydrogen-bond acceptors (Lipinski definition) is 4. The van der Waals surface area contributed by atoms with Crippen LogP contribution in [0, 0.1) is 0 Å². The Kier molecular flexibility index (Phi) is 4.05. The van der Waals surface area contributed by atoms with E-state index in [0.717, 1.165) is 29.9 Å². The van der Waals surface area contributed by atoms with Crippen LogP contribution in [0.25, 0.3) is 0 Å². The van der Waals surface area contributed by atoms with E-state index in [1.165, 1.54) is 12.8 Å². The van der Waals surface area contributed by atoms with E-state index in [0.29, 0.717) is 6.42 Å². The molecule has 1 saturated carbocycles. The molecule has 1 aliphatic heterocycles. The van der Waals surface area contributed by atoms with Gasteiger partial charge in [0.1, 0.15) is 5.75 Å². The van der Waals surface area contributed by atoms with Crippen molar-refractivity contribution in [3.63, 3.8) is 0 Å². The Morgan fingerprint density at radius 3 is 2.64 bits per heavy atom. The minimum absolute atomic E-state index is 0.0633. The van der Waals surface area contributed by atoms with Crippen molar-refractivity contribution in [2.75, 3.05) is 7.11 Å². The van der Waals surface area contributed by atoms with Crippen LogP contribution in [0.2, 0.25) is 0 Å². The topological polar surface area (TPSA) is 59.9 Å². The predicted octanol–water partition coefficient (Wildman–Crippen LogP) is 2.64. The van der Waals surface area contributed by atoms with Gasteiger partial charge < -0.3 is 14.9 Å². The van der Waals surface area contributed by atoms with Crippen molar-refractivity contribution < 1.29 is 14.4 Å². The summed E-state index contributed by atoms with van der Waals surface area (Å²) in [5.74, 6) is 0.733. The molecule has 1 N–H and O–H groups in total. The van der Waals surface area contributed by atoms with Gasteiger partial charge in [-0.2, -0.15) is 0 Å². The third-order valence-electron chi connectivity index (χ3n) is 4.46. The second-order valence-corrected chi connectivity index (χ2v) is 6.22. The molecule has 1 atom stereocenters. The molecule has 0 radical (unpaired) electrons. The maximum atomic E-state index is 12.5. The second-order valence-electron chi connectivity index (χ2n) is 6.22. The van der Waals surface area contributed by atoms with Crippen LogP contribution in [0.4, 0.5) is 0 Å². The predicted molar refractivity (Wildman–Crippen MR) is 84.0 cm³/mol. The number of benzene rings is 1. The van der Waals surface area contributed by atoms with Gasteiger partial charge in [-0.3, -0.25) is 4.79 Å². The van der Waals surface area contributed by atoms with Crippen molar-refractivity contribution >= 4 is 11.6 Å². The number of hydrogen-bond donors (Lipinski definition) is 1. The highest BCUT2D eigenvalue weighted by Crippen LogP contribution is 2.28. The SMILES string of the molecule is COc1ccc(C2=NO[C@@](C)(C(=O)NC3CCCC3)C2)cc1. The van der Waals surface area contributed by atoms with Crippen molar-refractivity contribution in [2.24, 2.45) is 5.16 Å². The van der Waals surface area contributed by atoms with Crippen molar-refractivity contribution in [1.29, 1.82) is 0 Å². The zero-order chi connectivity index (χ0) is 15.6. The van der Waals surface area contributed by atoms with Gasteiger partial charge in [0.2, 0.25) is 5.60 Å². The van der Waals surface area contributed by atoms with E-state index < -0.39 is 5.60 Å². The molecule has 118 valence electrons. The molecule has 0 spiro atoms. The van der Waals surface area contributed by atoms with E-state index in [-0.39, 0.29) is 11.9 Å². The number of nitrogens with zero attached hydrogens (tertiary/aromatic N) is 1. The smallest absolute Gasteiger partial charge is 0.267 e. The number of rotatable bonds is 4.